The van der Waals surface area contributed by atoms with Gasteiger partial charge in [0, 0.05) is 45.7 Å². The van der Waals surface area contributed by atoms with E-state index in [-0.39, 0.29) is 5.91 Å². The van der Waals surface area contributed by atoms with Gasteiger partial charge in [-0.2, -0.15) is 0 Å². The van der Waals surface area contributed by atoms with Crippen molar-refractivity contribution in [1.29, 1.82) is 0 Å². The second-order valence-electron chi connectivity index (χ2n) is 5.97. The predicted molar refractivity (Wildman–Crippen MR) is 75.6 cm³/mol. The molecule has 0 aromatic carbocycles. The maximum atomic E-state index is 12.1. The minimum absolute atomic E-state index is 0.270. The SMILES string of the molecule is CC(C)CCCN(C)C(=O)CC1CN(C)CCN1. The van der Waals surface area contributed by atoms with Gasteiger partial charge in [0.05, 0.1) is 0 Å². The molecule has 0 aliphatic carbocycles. The van der Waals surface area contributed by atoms with Crippen molar-refractivity contribution in [1.82, 2.24) is 15.1 Å². The second-order valence-corrected chi connectivity index (χ2v) is 5.97. The van der Waals surface area contributed by atoms with Crippen molar-refractivity contribution in [3.63, 3.8) is 0 Å². The summed E-state index contributed by atoms with van der Waals surface area (Å²) in [6.45, 7) is 8.39. The Hall–Kier alpha value is -0.610. The molecule has 1 aliphatic rings. The third kappa shape index (κ3) is 5.83. The molecule has 4 heteroatoms. The summed E-state index contributed by atoms with van der Waals surface area (Å²) in [5.74, 6) is 0.994. The van der Waals surface area contributed by atoms with Crippen LogP contribution in [0.15, 0.2) is 0 Å². The Morgan fingerprint density at radius 2 is 2.22 bits per heavy atom. The summed E-state index contributed by atoms with van der Waals surface area (Å²) in [6.07, 6.45) is 2.93. The molecule has 1 N–H and O–H groups in total. The molecule has 1 aliphatic heterocycles. The number of nitrogens with one attached hydrogen (secondary N) is 1. The number of nitrogens with zero attached hydrogens (tertiary/aromatic N) is 2. The number of piperazine rings is 1. The van der Waals surface area contributed by atoms with E-state index in [0.29, 0.717) is 12.5 Å². The van der Waals surface area contributed by atoms with Crippen LogP contribution in [0.3, 0.4) is 0 Å². The Bertz CT molecular complexity index is 255. The molecule has 1 rings (SSSR count). The van der Waals surface area contributed by atoms with Gasteiger partial charge >= 0.3 is 0 Å². The minimum atomic E-state index is 0.270. The molecule has 0 aromatic heterocycles. The van der Waals surface area contributed by atoms with Crippen LogP contribution < -0.4 is 5.32 Å². The summed E-state index contributed by atoms with van der Waals surface area (Å²) >= 11 is 0. The predicted octanol–water partition coefficient (Wildman–Crippen LogP) is 1.17. The van der Waals surface area contributed by atoms with Crippen LogP contribution in [0.1, 0.15) is 33.1 Å². The normalized spacial score (nSPS) is 21.3. The first-order chi connectivity index (χ1) is 8.49. The number of likely N-dealkylation sites (N-methyl/N-ethyl adjacent to an activating group) is 1. The fourth-order valence-electron chi connectivity index (χ4n) is 2.36. The number of hydrogen-bond donors (Lipinski definition) is 1. The highest BCUT2D eigenvalue weighted by molar-refractivity contribution is 5.76. The number of carbonyl (C=O) groups is 1. The van der Waals surface area contributed by atoms with E-state index in [2.05, 4.69) is 31.1 Å². The van der Waals surface area contributed by atoms with E-state index in [4.69, 9.17) is 0 Å². The third-order valence-electron chi connectivity index (χ3n) is 3.58. The zero-order valence-electron chi connectivity index (χ0n) is 12.4. The summed E-state index contributed by atoms with van der Waals surface area (Å²) < 4.78 is 0. The molecule has 1 amide bonds. The largest absolute Gasteiger partial charge is 0.346 e. The van der Waals surface area contributed by atoms with Gasteiger partial charge in [0.2, 0.25) is 5.91 Å². The zero-order valence-corrected chi connectivity index (χ0v) is 12.4. The van der Waals surface area contributed by atoms with Gasteiger partial charge in [-0.1, -0.05) is 13.8 Å². The van der Waals surface area contributed by atoms with E-state index >= 15 is 0 Å². The minimum Gasteiger partial charge on any atom is -0.346 e. The van der Waals surface area contributed by atoms with E-state index in [1.165, 1.54) is 6.42 Å². The summed E-state index contributed by atoms with van der Waals surface area (Å²) in [7, 11) is 4.04. The first kappa shape index (κ1) is 15.4. The molecular weight excluding hydrogens is 226 g/mol. The lowest BCUT2D eigenvalue weighted by Gasteiger charge is -2.31. The average Bonchev–Trinajstić information content (AvgIpc) is 2.28. The molecule has 1 unspecified atom stereocenters. The lowest BCUT2D eigenvalue weighted by atomic mass is 10.1. The van der Waals surface area contributed by atoms with Gasteiger partial charge in [0.15, 0.2) is 0 Å². The van der Waals surface area contributed by atoms with Crippen molar-refractivity contribution in [2.45, 2.75) is 39.2 Å². The molecule has 1 atom stereocenters. The average molecular weight is 255 g/mol. The molecular formula is C14H29N3O. The van der Waals surface area contributed by atoms with Crippen molar-refractivity contribution in [2.24, 2.45) is 5.92 Å². The van der Waals surface area contributed by atoms with Crippen LogP contribution in [0.2, 0.25) is 0 Å². The Morgan fingerprint density at radius 3 is 2.83 bits per heavy atom. The molecule has 0 radical (unpaired) electrons. The fourth-order valence-corrected chi connectivity index (χ4v) is 2.36. The molecule has 0 saturated carbocycles. The van der Waals surface area contributed by atoms with Crippen LogP contribution in [0, 0.1) is 5.92 Å². The molecule has 0 bridgehead atoms. The summed E-state index contributed by atoms with van der Waals surface area (Å²) in [4.78, 5) is 16.2. The monoisotopic (exact) mass is 255 g/mol. The summed E-state index contributed by atoms with van der Waals surface area (Å²) in [5.41, 5.74) is 0. The maximum absolute atomic E-state index is 12.1. The van der Waals surface area contributed by atoms with E-state index < -0.39 is 0 Å². The highest BCUT2D eigenvalue weighted by atomic mass is 16.2. The smallest absolute Gasteiger partial charge is 0.223 e. The molecule has 106 valence electrons. The number of rotatable bonds is 6. The van der Waals surface area contributed by atoms with Gasteiger partial charge < -0.3 is 15.1 Å². The molecule has 4 nitrogen and oxygen atoms in total. The molecule has 18 heavy (non-hydrogen) atoms. The quantitative estimate of drug-likeness (QED) is 0.774. The molecule has 1 saturated heterocycles. The second kappa shape index (κ2) is 7.74. The number of amides is 1. The van der Waals surface area contributed by atoms with Gasteiger partial charge in [-0.3, -0.25) is 4.79 Å². The summed E-state index contributed by atoms with van der Waals surface area (Å²) in [5, 5.41) is 3.42. The van der Waals surface area contributed by atoms with Crippen LogP contribution >= 0.6 is 0 Å². The Labute approximate surface area is 112 Å². The van der Waals surface area contributed by atoms with Gasteiger partial charge in [0.1, 0.15) is 0 Å². The van der Waals surface area contributed by atoms with Crippen molar-refractivity contribution in [3.8, 4) is 0 Å². The molecule has 0 spiro atoms. The van der Waals surface area contributed by atoms with Crippen LogP contribution in [0.25, 0.3) is 0 Å². The first-order valence-corrected chi connectivity index (χ1v) is 7.15. The van der Waals surface area contributed by atoms with Crippen LogP contribution in [-0.4, -0.2) is 62.0 Å². The van der Waals surface area contributed by atoms with E-state index in [0.717, 1.165) is 38.5 Å². The number of carbonyl (C=O) groups excluding carboxylic acids is 1. The van der Waals surface area contributed by atoms with Gasteiger partial charge in [0.25, 0.3) is 0 Å². The molecule has 1 fully saturated rings. The van der Waals surface area contributed by atoms with E-state index in [1.54, 1.807) is 0 Å². The van der Waals surface area contributed by atoms with Crippen molar-refractivity contribution < 1.29 is 4.79 Å². The highest BCUT2D eigenvalue weighted by Crippen LogP contribution is 2.07. The van der Waals surface area contributed by atoms with Gasteiger partial charge in [-0.15, -0.1) is 0 Å². The maximum Gasteiger partial charge on any atom is 0.223 e. The molecule has 0 aromatic rings. The summed E-state index contributed by atoms with van der Waals surface area (Å²) in [6, 6.07) is 0.323. The van der Waals surface area contributed by atoms with Crippen LogP contribution in [0.5, 0.6) is 0 Å². The Kier molecular flexibility index (Phi) is 6.65. The first-order valence-electron chi connectivity index (χ1n) is 7.15. The standard InChI is InChI=1S/C14H29N3O/c1-12(2)6-5-8-17(4)14(18)10-13-11-16(3)9-7-15-13/h12-13,15H,5-11H2,1-4H3. The van der Waals surface area contributed by atoms with E-state index in [9.17, 15) is 4.79 Å². The third-order valence-corrected chi connectivity index (χ3v) is 3.58. The lowest BCUT2D eigenvalue weighted by Crippen LogP contribution is -2.50. The van der Waals surface area contributed by atoms with Crippen molar-refractivity contribution in [3.05, 3.63) is 0 Å². The van der Waals surface area contributed by atoms with E-state index in [1.807, 2.05) is 11.9 Å². The highest BCUT2D eigenvalue weighted by Gasteiger charge is 2.20. The van der Waals surface area contributed by atoms with Crippen molar-refractivity contribution >= 4 is 5.91 Å². The fraction of sp³-hybridized carbons (Fsp3) is 0.929. The number of hydrogen-bond acceptors (Lipinski definition) is 3. The lowest BCUT2D eigenvalue weighted by molar-refractivity contribution is -0.130. The zero-order chi connectivity index (χ0) is 13.5. The van der Waals surface area contributed by atoms with Gasteiger partial charge in [-0.05, 0) is 25.8 Å². The van der Waals surface area contributed by atoms with Crippen LogP contribution in [-0.2, 0) is 4.79 Å². The molecule has 1 heterocycles. The van der Waals surface area contributed by atoms with Crippen LogP contribution in [0.4, 0.5) is 0 Å². The van der Waals surface area contributed by atoms with Crippen molar-refractivity contribution in [2.75, 3.05) is 40.3 Å². The topological polar surface area (TPSA) is 35.6 Å². The Morgan fingerprint density at radius 1 is 1.50 bits per heavy atom. The van der Waals surface area contributed by atoms with Gasteiger partial charge in [-0.25, -0.2) is 0 Å². The Balaban J connectivity index is 2.22.